The molecule has 1 saturated carbocycles. The molecule has 0 aromatic heterocycles. The molecule has 1 aromatic carbocycles. The summed E-state index contributed by atoms with van der Waals surface area (Å²) in [4.78, 5) is 2.41. The second-order valence-corrected chi connectivity index (χ2v) is 6.07. The third-order valence-corrected chi connectivity index (χ3v) is 4.42. The maximum atomic E-state index is 10.2. The molecule has 0 aliphatic heterocycles. The van der Waals surface area contributed by atoms with Gasteiger partial charge in [-0.2, -0.15) is 0 Å². The number of hydrogen-bond donors (Lipinski definition) is 1. The normalized spacial score (nSPS) is 18.7. The summed E-state index contributed by atoms with van der Waals surface area (Å²) in [7, 11) is 2.18. The lowest BCUT2D eigenvalue weighted by Gasteiger charge is -2.31. The van der Waals surface area contributed by atoms with Gasteiger partial charge in [-0.05, 0) is 44.0 Å². The molecule has 1 aliphatic rings. The minimum absolute atomic E-state index is 0.412. The lowest BCUT2D eigenvalue weighted by molar-refractivity contribution is 0.125. The Morgan fingerprint density at radius 2 is 2.05 bits per heavy atom. The standard InChI is InChI=1S/C16H24ClNO/c1-18(15-8-3-2-4-9-15)11-10-16(19)13-6-5-7-14(17)12-13/h5-7,12,15-16,19H,2-4,8-11H2,1H3. The summed E-state index contributed by atoms with van der Waals surface area (Å²) in [5, 5.41) is 10.9. The second kappa shape index (κ2) is 7.28. The largest absolute Gasteiger partial charge is 0.388 e. The van der Waals surface area contributed by atoms with Crippen LogP contribution in [0.4, 0.5) is 0 Å². The van der Waals surface area contributed by atoms with Crippen molar-refractivity contribution in [3.05, 3.63) is 34.9 Å². The molecule has 1 N–H and O–H groups in total. The van der Waals surface area contributed by atoms with Crippen molar-refractivity contribution in [3.63, 3.8) is 0 Å². The van der Waals surface area contributed by atoms with Gasteiger partial charge in [-0.15, -0.1) is 0 Å². The van der Waals surface area contributed by atoms with Crippen LogP contribution < -0.4 is 0 Å². The zero-order chi connectivity index (χ0) is 13.7. The molecule has 0 spiro atoms. The first kappa shape index (κ1) is 14.8. The van der Waals surface area contributed by atoms with E-state index in [1.165, 1.54) is 32.1 Å². The maximum absolute atomic E-state index is 10.2. The lowest BCUT2D eigenvalue weighted by Crippen LogP contribution is -2.34. The Labute approximate surface area is 121 Å². The molecular weight excluding hydrogens is 258 g/mol. The van der Waals surface area contributed by atoms with E-state index in [4.69, 9.17) is 11.6 Å². The molecule has 2 rings (SSSR count). The van der Waals surface area contributed by atoms with Crippen molar-refractivity contribution >= 4 is 11.6 Å². The second-order valence-electron chi connectivity index (χ2n) is 5.63. The van der Waals surface area contributed by atoms with E-state index >= 15 is 0 Å². The van der Waals surface area contributed by atoms with Gasteiger partial charge in [0.05, 0.1) is 6.10 Å². The highest BCUT2D eigenvalue weighted by Crippen LogP contribution is 2.24. The summed E-state index contributed by atoms with van der Waals surface area (Å²) in [5.74, 6) is 0. The van der Waals surface area contributed by atoms with Gasteiger partial charge in [0.15, 0.2) is 0 Å². The van der Waals surface area contributed by atoms with Gasteiger partial charge in [0, 0.05) is 17.6 Å². The van der Waals surface area contributed by atoms with Crippen molar-refractivity contribution in [2.45, 2.75) is 50.7 Å². The summed E-state index contributed by atoms with van der Waals surface area (Å²) in [6, 6.07) is 8.24. The highest BCUT2D eigenvalue weighted by Gasteiger charge is 2.18. The van der Waals surface area contributed by atoms with Crippen LogP contribution >= 0.6 is 11.6 Å². The fraction of sp³-hybridized carbons (Fsp3) is 0.625. The van der Waals surface area contributed by atoms with Crippen LogP contribution in [0.1, 0.15) is 50.2 Å². The lowest BCUT2D eigenvalue weighted by atomic mass is 9.94. The van der Waals surface area contributed by atoms with Crippen LogP contribution in [0.25, 0.3) is 0 Å². The summed E-state index contributed by atoms with van der Waals surface area (Å²) in [6.45, 7) is 0.943. The number of halogens is 1. The Morgan fingerprint density at radius 3 is 2.74 bits per heavy atom. The molecular formula is C16H24ClNO. The fourth-order valence-electron chi connectivity index (χ4n) is 2.91. The summed E-state index contributed by atoms with van der Waals surface area (Å²) in [5.41, 5.74) is 0.921. The van der Waals surface area contributed by atoms with E-state index in [2.05, 4.69) is 11.9 Å². The molecule has 106 valence electrons. The van der Waals surface area contributed by atoms with Gasteiger partial charge in [-0.1, -0.05) is 43.0 Å². The predicted octanol–water partition coefficient (Wildman–Crippen LogP) is 4.03. The molecule has 19 heavy (non-hydrogen) atoms. The molecule has 0 radical (unpaired) electrons. The van der Waals surface area contributed by atoms with Crippen molar-refractivity contribution in [2.24, 2.45) is 0 Å². The monoisotopic (exact) mass is 281 g/mol. The topological polar surface area (TPSA) is 23.5 Å². The van der Waals surface area contributed by atoms with Gasteiger partial charge >= 0.3 is 0 Å². The zero-order valence-corrected chi connectivity index (χ0v) is 12.4. The minimum Gasteiger partial charge on any atom is -0.388 e. The molecule has 0 amide bonds. The number of aliphatic hydroxyl groups is 1. The summed E-state index contributed by atoms with van der Waals surface area (Å²) >= 11 is 5.95. The highest BCUT2D eigenvalue weighted by molar-refractivity contribution is 6.30. The molecule has 0 heterocycles. The van der Waals surface area contributed by atoms with E-state index in [-0.39, 0.29) is 0 Å². The summed E-state index contributed by atoms with van der Waals surface area (Å²) < 4.78 is 0. The Balaban J connectivity index is 1.80. The van der Waals surface area contributed by atoms with E-state index in [1.54, 1.807) is 0 Å². The molecule has 2 nitrogen and oxygen atoms in total. The van der Waals surface area contributed by atoms with Crippen LogP contribution in [-0.2, 0) is 0 Å². The van der Waals surface area contributed by atoms with Crippen molar-refractivity contribution < 1.29 is 5.11 Å². The molecule has 1 aliphatic carbocycles. The van der Waals surface area contributed by atoms with E-state index in [0.29, 0.717) is 11.1 Å². The van der Waals surface area contributed by atoms with Crippen LogP contribution in [0.15, 0.2) is 24.3 Å². The van der Waals surface area contributed by atoms with Crippen LogP contribution in [0.2, 0.25) is 5.02 Å². The fourth-order valence-corrected chi connectivity index (χ4v) is 3.11. The van der Waals surface area contributed by atoms with Crippen LogP contribution in [0.5, 0.6) is 0 Å². The first-order chi connectivity index (χ1) is 9.16. The van der Waals surface area contributed by atoms with E-state index < -0.39 is 6.10 Å². The minimum atomic E-state index is -0.412. The Kier molecular flexibility index (Phi) is 5.68. The molecule has 1 atom stereocenters. The molecule has 1 fully saturated rings. The van der Waals surface area contributed by atoms with Crippen molar-refractivity contribution in [1.29, 1.82) is 0 Å². The van der Waals surface area contributed by atoms with E-state index in [0.717, 1.165) is 18.5 Å². The maximum Gasteiger partial charge on any atom is 0.0802 e. The van der Waals surface area contributed by atoms with Crippen LogP contribution in [0, 0.1) is 0 Å². The third-order valence-electron chi connectivity index (χ3n) is 4.19. The first-order valence-corrected chi connectivity index (χ1v) is 7.68. The first-order valence-electron chi connectivity index (χ1n) is 7.30. The van der Waals surface area contributed by atoms with Crippen molar-refractivity contribution in [2.75, 3.05) is 13.6 Å². The number of benzene rings is 1. The smallest absolute Gasteiger partial charge is 0.0802 e. The molecule has 3 heteroatoms. The van der Waals surface area contributed by atoms with Gasteiger partial charge in [-0.25, -0.2) is 0 Å². The number of nitrogens with zero attached hydrogens (tertiary/aromatic N) is 1. The molecule has 1 unspecified atom stereocenters. The Morgan fingerprint density at radius 1 is 1.32 bits per heavy atom. The van der Waals surface area contributed by atoms with E-state index in [9.17, 15) is 5.11 Å². The third kappa shape index (κ3) is 4.48. The highest BCUT2D eigenvalue weighted by atomic mass is 35.5. The molecule has 1 aromatic rings. The average molecular weight is 282 g/mol. The number of aliphatic hydroxyl groups excluding tert-OH is 1. The molecule has 0 saturated heterocycles. The van der Waals surface area contributed by atoms with Gasteiger partial charge in [0.1, 0.15) is 0 Å². The van der Waals surface area contributed by atoms with Gasteiger partial charge < -0.3 is 10.0 Å². The van der Waals surface area contributed by atoms with Gasteiger partial charge in [0.2, 0.25) is 0 Å². The van der Waals surface area contributed by atoms with E-state index in [1.807, 2.05) is 24.3 Å². The Bertz CT molecular complexity index is 390. The SMILES string of the molecule is CN(CCC(O)c1cccc(Cl)c1)C1CCCCC1. The van der Waals surface area contributed by atoms with Crippen molar-refractivity contribution in [3.8, 4) is 0 Å². The average Bonchev–Trinajstić information content (AvgIpc) is 2.45. The zero-order valence-electron chi connectivity index (χ0n) is 11.7. The van der Waals surface area contributed by atoms with Crippen molar-refractivity contribution in [1.82, 2.24) is 4.90 Å². The van der Waals surface area contributed by atoms with Gasteiger partial charge in [-0.3, -0.25) is 0 Å². The number of hydrogen-bond acceptors (Lipinski definition) is 2. The number of rotatable bonds is 5. The quantitative estimate of drug-likeness (QED) is 0.881. The predicted molar refractivity (Wildman–Crippen MR) is 80.5 cm³/mol. The van der Waals surface area contributed by atoms with Gasteiger partial charge in [0.25, 0.3) is 0 Å². The molecule has 0 bridgehead atoms. The van der Waals surface area contributed by atoms with Crippen LogP contribution in [-0.4, -0.2) is 29.6 Å². The Hall–Kier alpha value is -0.570. The van der Waals surface area contributed by atoms with Crippen LogP contribution in [0.3, 0.4) is 0 Å². The summed E-state index contributed by atoms with van der Waals surface area (Å²) in [6.07, 6.45) is 7.07.